The number of nitrogens with two attached hydrogens (primary N) is 1. The second-order valence-corrected chi connectivity index (χ2v) is 10.3. The van der Waals surface area contributed by atoms with Gasteiger partial charge in [0.1, 0.15) is 23.5 Å². The van der Waals surface area contributed by atoms with Crippen LogP contribution in [0.15, 0.2) is 71.3 Å². The largest absolute Gasteiger partial charge is 0.489 e. The Hall–Kier alpha value is -4.79. The van der Waals surface area contributed by atoms with Gasteiger partial charge in [0.25, 0.3) is 0 Å². The highest BCUT2D eigenvalue weighted by molar-refractivity contribution is 5.94. The normalized spacial score (nSPS) is 11.2. The maximum atomic E-state index is 12.1. The van der Waals surface area contributed by atoms with Crippen molar-refractivity contribution in [2.75, 3.05) is 7.11 Å². The summed E-state index contributed by atoms with van der Waals surface area (Å²) >= 11 is 0. The van der Waals surface area contributed by atoms with Crippen molar-refractivity contribution >= 4 is 28.9 Å². The number of amides is 2. The van der Waals surface area contributed by atoms with Gasteiger partial charge in [-0.05, 0) is 79.9 Å². The summed E-state index contributed by atoms with van der Waals surface area (Å²) in [7, 11) is 1.30. The Morgan fingerprint density at radius 2 is 1.77 bits per heavy atom. The average molecular weight is 545 g/mol. The minimum Gasteiger partial charge on any atom is -0.489 e. The third-order valence-electron chi connectivity index (χ3n) is 5.99. The molecule has 3 aromatic carbocycles. The van der Waals surface area contributed by atoms with Crippen LogP contribution in [-0.2, 0) is 33.8 Å². The van der Waals surface area contributed by atoms with Crippen molar-refractivity contribution < 1.29 is 33.0 Å². The fourth-order valence-corrected chi connectivity index (χ4v) is 4.18. The molecule has 0 spiro atoms. The molecule has 9 heteroatoms. The molecule has 3 N–H and O–H groups in total. The molecule has 1 aromatic heterocycles. The number of primary amides is 1. The number of ether oxygens (including phenoxy) is 3. The Kier molecular flexibility index (Phi) is 8.43. The fraction of sp³-hybridized carbons (Fsp3) is 0.258. The van der Waals surface area contributed by atoms with Gasteiger partial charge in [-0.2, -0.15) is 0 Å². The van der Waals surface area contributed by atoms with Crippen LogP contribution in [0.3, 0.4) is 0 Å². The number of carbonyl (C=O) groups excluding carboxylic acids is 3. The summed E-state index contributed by atoms with van der Waals surface area (Å²) in [4.78, 5) is 35.7. The maximum Gasteiger partial charge on any atom is 0.407 e. The Labute approximate surface area is 232 Å². The molecule has 0 unspecified atom stereocenters. The second kappa shape index (κ2) is 11.9. The van der Waals surface area contributed by atoms with Gasteiger partial charge < -0.3 is 29.7 Å². The van der Waals surface area contributed by atoms with Crippen LogP contribution in [0.1, 0.15) is 47.8 Å². The van der Waals surface area contributed by atoms with E-state index in [-0.39, 0.29) is 18.6 Å². The molecule has 4 rings (SSSR count). The van der Waals surface area contributed by atoms with Crippen molar-refractivity contribution in [3.05, 3.63) is 89.2 Å². The SMILES string of the molecule is COC(=O)Cc1cc(C(N)=O)ccc1OCc1cc(-c2cccc(CNC(=O)OC(C)(C)C)c2)c2occc2c1. The Bertz CT molecular complexity index is 1550. The number of benzene rings is 3. The van der Waals surface area contributed by atoms with E-state index >= 15 is 0 Å². The van der Waals surface area contributed by atoms with Crippen molar-refractivity contribution in [1.29, 1.82) is 0 Å². The highest BCUT2D eigenvalue weighted by Gasteiger charge is 2.17. The minimum atomic E-state index is -0.601. The summed E-state index contributed by atoms with van der Waals surface area (Å²) < 4.78 is 22.0. The van der Waals surface area contributed by atoms with Crippen LogP contribution >= 0.6 is 0 Å². The maximum absolute atomic E-state index is 12.1. The molecule has 208 valence electrons. The lowest BCUT2D eigenvalue weighted by Crippen LogP contribution is -2.32. The molecule has 0 atom stereocenters. The number of furan rings is 1. The van der Waals surface area contributed by atoms with E-state index in [0.717, 1.165) is 33.2 Å². The summed E-state index contributed by atoms with van der Waals surface area (Å²) in [5.41, 5.74) is 9.85. The summed E-state index contributed by atoms with van der Waals surface area (Å²) in [6.45, 7) is 5.94. The van der Waals surface area contributed by atoms with Gasteiger partial charge in [-0.1, -0.05) is 18.2 Å². The quantitative estimate of drug-likeness (QED) is 0.265. The van der Waals surface area contributed by atoms with Gasteiger partial charge in [0, 0.05) is 28.6 Å². The van der Waals surface area contributed by atoms with Crippen LogP contribution in [0.25, 0.3) is 22.1 Å². The van der Waals surface area contributed by atoms with Gasteiger partial charge >= 0.3 is 12.1 Å². The molecule has 1 heterocycles. The summed E-state index contributed by atoms with van der Waals surface area (Å²) in [5.74, 6) is -0.620. The van der Waals surface area contributed by atoms with Gasteiger partial charge in [-0.15, -0.1) is 0 Å². The van der Waals surface area contributed by atoms with Crippen LogP contribution < -0.4 is 15.8 Å². The zero-order chi connectivity index (χ0) is 28.9. The van der Waals surface area contributed by atoms with E-state index < -0.39 is 23.6 Å². The molecule has 0 radical (unpaired) electrons. The standard InChI is InChI=1S/C31H32N2O7/c1-31(2,3)40-30(36)33-17-19-6-5-7-21(12-19)25-14-20(13-22-10-11-38-28(22)25)18-39-26-9-8-23(29(32)35)15-24(26)16-27(34)37-4/h5-15H,16-18H2,1-4H3,(H2,32,35)(H,33,36). The molecule has 0 aliphatic heterocycles. The van der Waals surface area contributed by atoms with Crippen molar-refractivity contribution in [1.82, 2.24) is 5.32 Å². The minimum absolute atomic E-state index is 0.0664. The lowest BCUT2D eigenvalue weighted by molar-refractivity contribution is -0.139. The van der Waals surface area contributed by atoms with Crippen LogP contribution in [-0.4, -0.2) is 30.7 Å². The number of carbonyl (C=O) groups is 3. The van der Waals surface area contributed by atoms with Crippen molar-refractivity contribution in [2.24, 2.45) is 5.73 Å². The van der Waals surface area contributed by atoms with E-state index in [9.17, 15) is 14.4 Å². The van der Waals surface area contributed by atoms with E-state index in [2.05, 4.69) is 5.32 Å². The molecule has 9 nitrogen and oxygen atoms in total. The van der Waals surface area contributed by atoms with Crippen molar-refractivity contribution in [3.63, 3.8) is 0 Å². The summed E-state index contributed by atoms with van der Waals surface area (Å²) in [5, 5.41) is 3.68. The number of esters is 1. The van der Waals surface area contributed by atoms with Crippen molar-refractivity contribution in [2.45, 2.75) is 45.9 Å². The first-order valence-electron chi connectivity index (χ1n) is 12.7. The fourth-order valence-electron chi connectivity index (χ4n) is 4.18. The number of alkyl carbamates (subject to hydrolysis) is 1. The molecular formula is C31H32N2O7. The van der Waals surface area contributed by atoms with Gasteiger partial charge in [0.05, 0.1) is 19.8 Å². The zero-order valence-electron chi connectivity index (χ0n) is 22.9. The molecule has 0 aliphatic carbocycles. The first-order valence-corrected chi connectivity index (χ1v) is 12.7. The first-order chi connectivity index (χ1) is 19.0. The number of hydrogen-bond donors (Lipinski definition) is 2. The first kappa shape index (κ1) is 28.2. The second-order valence-electron chi connectivity index (χ2n) is 10.3. The number of hydrogen-bond acceptors (Lipinski definition) is 7. The third kappa shape index (κ3) is 7.19. The molecule has 0 bridgehead atoms. The van der Waals surface area contributed by atoms with E-state index in [4.69, 9.17) is 24.4 Å². The summed E-state index contributed by atoms with van der Waals surface area (Å²) in [6, 6.07) is 18.3. The van der Waals surface area contributed by atoms with Crippen LogP contribution in [0.5, 0.6) is 5.75 Å². The predicted molar refractivity (Wildman–Crippen MR) is 150 cm³/mol. The molecule has 0 fully saturated rings. The van der Waals surface area contributed by atoms with Gasteiger partial charge in [0.2, 0.25) is 5.91 Å². The van der Waals surface area contributed by atoms with E-state index in [1.54, 1.807) is 18.4 Å². The summed E-state index contributed by atoms with van der Waals surface area (Å²) in [6.07, 6.45) is 1.08. The molecule has 40 heavy (non-hydrogen) atoms. The van der Waals surface area contributed by atoms with Crippen LogP contribution in [0.2, 0.25) is 0 Å². The van der Waals surface area contributed by atoms with Crippen molar-refractivity contribution in [3.8, 4) is 16.9 Å². The Morgan fingerprint density at radius 3 is 2.50 bits per heavy atom. The van der Waals surface area contributed by atoms with Gasteiger partial charge in [-0.3, -0.25) is 9.59 Å². The number of methoxy groups -OCH3 is 1. The topological polar surface area (TPSA) is 130 Å². The monoisotopic (exact) mass is 544 g/mol. The molecular weight excluding hydrogens is 512 g/mol. The van der Waals surface area contributed by atoms with E-state index in [1.165, 1.54) is 13.2 Å². The molecule has 4 aromatic rings. The molecule has 0 saturated heterocycles. The Morgan fingerprint density at radius 1 is 0.975 bits per heavy atom. The highest BCUT2D eigenvalue weighted by Crippen LogP contribution is 2.32. The van der Waals surface area contributed by atoms with Crippen LogP contribution in [0.4, 0.5) is 4.79 Å². The smallest absolute Gasteiger partial charge is 0.407 e. The number of nitrogens with one attached hydrogen (secondary N) is 1. The van der Waals surface area contributed by atoms with Gasteiger partial charge in [-0.25, -0.2) is 4.79 Å². The average Bonchev–Trinajstić information content (AvgIpc) is 3.38. The van der Waals surface area contributed by atoms with E-state index in [1.807, 2.05) is 63.2 Å². The molecule has 0 aliphatic rings. The lowest BCUT2D eigenvalue weighted by atomic mass is 9.99. The molecule has 0 saturated carbocycles. The van der Waals surface area contributed by atoms with E-state index in [0.29, 0.717) is 17.9 Å². The highest BCUT2D eigenvalue weighted by atomic mass is 16.6. The van der Waals surface area contributed by atoms with Gasteiger partial charge in [0.15, 0.2) is 0 Å². The zero-order valence-corrected chi connectivity index (χ0v) is 22.9. The predicted octanol–water partition coefficient (Wildman–Crippen LogP) is 5.52. The number of fused-ring (bicyclic) bond motifs is 1. The third-order valence-corrected chi connectivity index (χ3v) is 5.99. The Balaban J connectivity index is 1.58. The number of rotatable bonds is 9. The van der Waals surface area contributed by atoms with Crippen LogP contribution in [0, 0.1) is 0 Å². The molecule has 2 amide bonds. The lowest BCUT2D eigenvalue weighted by Gasteiger charge is -2.19.